The first kappa shape index (κ1) is 20.5. The number of aromatic nitrogens is 1. The highest BCUT2D eigenvalue weighted by Gasteiger charge is 2.40. The van der Waals surface area contributed by atoms with Crippen molar-refractivity contribution in [3.05, 3.63) is 59.7 Å². The third-order valence-electron chi connectivity index (χ3n) is 5.84. The smallest absolute Gasteiger partial charge is 0.317 e. The minimum Gasteiger partial charge on any atom is -0.424 e. The number of hydrogen-bond acceptors (Lipinski definition) is 3. The molecule has 4 heteroatoms. The Kier molecular flexibility index (Phi) is 7.18. The lowest BCUT2D eigenvalue weighted by atomic mass is 9.71. The van der Waals surface area contributed by atoms with E-state index >= 15 is 0 Å². The Morgan fingerprint density at radius 1 is 1.07 bits per heavy atom. The van der Waals surface area contributed by atoms with Crippen LogP contribution in [-0.4, -0.2) is 11.0 Å². The van der Waals surface area contributed by atoms with Crippen molar-refractivity contribution in [2.75, 3.05) is 0 Å². The van der Waals surface area contributed by atoms with E-state index < -0.39 is 0 Å². The highest BCUT2D eigenvalue weighted by Crippen LogP contribution is 2.41. The van der Waals surface area contributed by atoms with Crippen LogP contribution in [0.2, 0.25) is 0 Å². The lowest BCUT2D eigenvalue weighted by molar-refractivity contribution is -0.148. The lowest BCUT2D eigenvalue weighted by Crippen LogP contribution is -2.37. The fourth-order valence-corrected chi connectivity index (χ4v) is 4.06. The number of ether oxygens (including phenoxy) is 1. The molecule has 0 atom stereocenters. The number of halogens is 1. The van der Waals surface area contributed by atoms with Crippen LogP contribution in [0, 0.1) is 11.2 Å². The molecule has 0 N–H and O–H groups in total. The summed E-state index contributed by atoms with van der Waals surface area (Å²) in [5.41, 5.74) is 1.70. The lowest BCUT2D eigenvalue weighted by Gasteiger charge is -2.34. The average Bonchev–Trinajstić information content (AvgIpc) is 2.73. The van der Waals surface area contributed by atoms with Gasteiger partial charge in [0, 0.05) is 5.69 Å². The van der Waals surface area contributed by atoms with Gasteiger partial charge in [-0.2, -0.15) is 0 Å². The third-order valence-corrected chi connectivity index (χ3v) is 5.84. The molecule has 0 bridgehead atoms. The van der Waals surface area contributed by atoms with Gasteiger partial charge in [-0.05, 0) is 61.9 Å². The normalized spacial score (nSPS) is 15.9. The maximum absolute atomic E-state index is 13.0. The number of carbonyl (C=O) groups excluding carboxylic acids is 1. The van der Waals surface area contributed by atoms with Gasteiger partial charge in [-0.15, -0.1) is 0 Å². The van der Waals surface area contributed by atoms with Crippen molar-refractivity contribution < 1.29 is 13.9 Å². The Balaban J connectivity index is 1.57. The molecule has 150 valence electrons. The first-order chi connectivity index (χ1) is 13.6. The summed E-state index contributed by atoms with van der Waals surface area (Å²) >= 11 is 0. The van der Waals surface area contributed by atoms with Crippen molar-refractivity contribution in [1.82, 2.24) is 4.98 Å². The molecule has 1 aromatic heterocycles. The molecular formula is C24H30FNO2. The van der Waals surface area contributed by atoms with E-state index in [-0.39, 0.29) is 17.2 Å². The Bertz CT molecular complexity index is 749. The van der Waals surface area contributed by atoms with E-state index in [2.05, 4.69) is 11.9 Å². The largest absolute Gasteiger partial charge is 0.424 e. The Morgan fingerprint density at radius 2 is 1.82 bits per heavy atom. The molecule has 0 radical (unpaired) electrons. The summed E-state index contributed by atoms with van der Waals surface area (Å²) in [6, 6.07) is 10.3. The predicted molar refractivity (Wildman–Crippen MR) is 109 cm³/mol. The second-order valence-corrected chi connectivity index (χ2v) is 7.95. The van der Waals surface area contributed by atoms with E-state index in [0.29, 0.717) is 5.75 Å². The summed E-state index contributed by atoms with van der Waals surface area (Å²) in [6.45, 7) is 2.16. The van der Waals surface area contributed by atoms with Crippen LogP contribution in [0.15, 0.2) is 42.6 Å². The van der Waals surface area contributed by atoms with Gasteiger partial charge in [0.2, 0.25) is 0 Å². The van der Waals surface area contributed by atoms with Gasteiger partial charge in [0.25, 0.3) is 0 Å². The summed E-state index contributed by atoms with van der Waals surface area (Å²) < 4.78 is 18.7. The maximum Gasteiger partial charge on any atom is 0.317 e. The van der Waals surface area contributed by atoms with Gasteiger partial charge in [-0.25, -0.2) is 4.39 Å². The molecular weight excluding hydrogens is 353 g/mol. The maximum atomic E-state index is 13.0. The minimum atomic E-state index is -0.310. The van der Waals surface area contributed by atoms with E-state index in [4.69, 9.17) is 4.74 Å². The van der Waals surface area contributed by atoms with Crippen LogP contribution >= 0.6 is 0 Å². The second kappa shape index (κ2) is 9.81. The quantitative estimate of drug-likeness (QED) is 0.521. The number of esters is 1. The van der Waals surface area contributed by atoms with Crippen LogP contribution in [0.3, 0.4) is 0 Å². The van der Waals surface area contributed by atoms with Gasteiger partial charge in [-0.1, -0.05) is 51.2 Å². The number of carbonyl (C=O) groups is 1. The zero-order valence-corrected chi connectivity index (χ0v) is 16.8. The van der Waals surface area contributed by atoms with Gasteiger partial charge in [0.05, 0.1) is 11.6 Å². The zero-order valence-electron chi connectivity index (χ0n) is 16.8. The summed E-state index contributed by atoms with van der Waals surface area (Å²) in [5, 5.41) is 0. The summed E-state index contributed by atoms with van der Waals surface area (Å²) in [5.74, 6) is 0.223. The summed E-state index contributed by atoms with van der Waals surface area (Å²) in [7, 11) is 0. The Hall–Kier alpha value is -2.23. The highest BCUT2D eigenvalue weighted by molar-refractivity contribution is 5.79. The fourth-order valence-electron chi connectivity index (χ4n) is 4.06. The van der Waals surface area contributed by atoms with Crippen molar-refractivity contribution in [2.24, 2.45) is 5.41 Å². The minimum absolute atomic E-state index is 0.0819. The molecule has 1 aliphatic rings. The molecule has 1 aliphatic carbocycles. The van der Waals surface area contributed by atoms with E-state index in [1.807, 2.05) is 12.1 Å². The molecule has 0 amide bonds. The van der Waals surface area contributed by atoms with Gasteiger partial charge in [-0.3, -0.25) is 9.78 Å². The van der Waals surface area contributed by atoms with Gasteiger partial charge < -0.3 is 4.74 Å². The van der Waals surface area contributed by atoms with Crippen molar-refractivity contribution >= 4 is 5.97 Å². The predicted octanol–water partition coefficient (Wildman–Crippen LogP) is 6.05. The molecule has 1 fully saturated rings. The SMILES string of the molecule is CCCCC1(C(=O)Oc2ccc(CCc3ccc(F)cc3)nc2)CCCCC1. The molecule has 28 heavy (non-hydrogen) atoms. The van der Waals surface area contributed by atoms with Crippen molar-refractivity contribution in [2.45, 2.75) is 71.1 Å². The van der Waals surface area contributed by atoms with Crippen molar-refractivity contribution in [3.8, 4) is 5.75 Å². The average molecular weight is 384 g/mol. The number of aryl methyl sites for hydroxylation is 2. The van der Waals surface area contributed by atoms with Crippen molar-refractivity contribution in [3.63, 3.8) is 0 Å². The topological polar surface area (TPSA) is 39.2 Å². The monoisotopic (exact) mass is 383 g/mol. The number of benzene rings is 1. The van der Waals surface area contributed by atoms with Crippen LogP contribution < -0.4 is 4.74 Å². The molecule has 3 nitrogen and oxygen atoms in total. The molecule has 0 unspecified atom stereocenters. The van der Waals surface area contributed by atoms with Gasteiger partial charge >= 0.3 is 5.97 Å². The van der Waals surface area contributed by atoms with E-state index in [1.165, 1.54) is 18.6 Å². The summed E-state index contributed by atoms with van der Waals surface area (Å²) in [6.07, 6.45) is 11.6. The Labute approximate surface area is 167 Å². The highest BCUT2D eigenvalue weighted by atomic mass is 19.1. The molecule has 1 saturated carbocycles. The van der Waals surface area contributed by atoms with Crippen LogP contribution in [0.25, 0.3) is 0 Å². The van der Waals surface area contributed by atoms with Gasteiger partial charge in [0.1, 0.15) is 11.6 Å². The van der Waals surface area contributed by atoms with Crippen LogP contribution in [0.4, 0.5) is 4.39 Å². The molecule has 2 aromatic rings. The Morgan fingerprint density at radius 3 is 2.46 bits per heavy atom. The second-order valence-electron chi connectivity index (χ2n) is 7.95. The number of unbranched alkanes of at least 4 members (excludes halogenated alkanes) is 1. The molecule has 3 rings (SSSR count). The van der Waals surface area contributed by atoms with Gasteiger partial charge in [0.15, 0.2) is 0 Å². The van der Waals surface area contributed by atoms with E-state index in [0.717, 1.165) is 69.0 Å². The van der Waals surface area contributed by atoms with Crippen molar-refractivity contribution in [1.29, 1.82) is 0 Å². The number of rotatable bonds is 8. The zero-order chi connectivity index (χ0) is 19.8. The first-order valence-corrected chi connectivity index (χ1v) is 10.5. The molecule has 0 saturated heterocycles. The standard InChI is InChI=1S/C24H30FNO2/c1-2-3-15-24(16-5-4-6-17-24)23(27)28-22-14-13-21(26-18-22)12-9-19-7-10-20(25)11-8-19/h7-8,10-11,13-14,18H,2-6,9,12,15-17H2,1H3. The van der Waals surface area contributed by atoms with Crippen LogP contribution in [-0.2, 0) is 17.6 Å². The first-order valence-electron chi connectivity index (χ1n) is 10.5. The van der Waals surface area contributed by atoms with Crippen LogP contribution in [0.1, 0.15) is 69.5 Å². The number of nitrogens with zero attached hydrogens (tertiary/aromatic N) is 1. The van der Waals surface area contributed by atoms with E-state index in [1.54, 1.807) is 18.3 Å². The van der Waals surface area contributed by atoms with Crippen LogP contribution in [0.5, 0.6) is 5.75 Å². The summed E-state index contributed by atoms with van der Waals surface area (Å²) in [4.78, 5) is 17.4. The molecule has 1 aromatic carbocycles. The number of hydrogen-bond donors (Lipinski definition) is 0. The van der Waals surface area contributed by atoms with E-state index in [9.17, 15) is 9.18 Å². The fraction of sp³-hybridized carbons (Fsp3) is 0.500. The molecule has 0 spiro atoms. The molecule has 1 heterocycles. The number of pyridine rings is 1. The molecule has 0 aliphatic heterocycles. The third kappa shape index (κ3) is 5.40.